The van der Waals surface area contributed by atoms with Gasteiger partial charge in [0.15, 0.2) is 0 Å². The van der Waals surface area contributed by atoms with Crippen molar-refractivity contribution >= 4 is 22.9 Å². The van der Waals surface area contributed by atoms with Gasteiger partial charge in [-0.25, -0.2) is 18.0 Å². The lowest BCUT2D eigenvalue weighted by atomic mass is 9.77. The second-order valence-electron chi connectivity index (χ2n) is 9.53. The average molecular weight is 457 g/mol. The van der Waals surface area contributed by atoms with Gasteiger partial charge in [-0.2, -0.15) is 0 Å². The van der Waals surface area contributed by atoms with Crippen LogP contribution in [0.1, 0.15) is 50.1 Å². The molecule has 2 aromatic carbocycles. The second kappa shape index (κ2) is 8.06. The Morgan fingerprint density at radius 3 is 2.52 bits per heavy atom. The van der Waals surface area contributed by atoms with Crippen LogP contribution in [0.2, 0.25) is 0 Å². The number of H-pyrrole nitrogens is 1. The lowest BCUT2D eigenvalue weighted by molar-refractivity contribution is -0.131. The Labute approximate surface area is 190 Å². The molecule has 2 heterocycles. The molecule has 2 N–H and O–H groups in total. The van der Waals surface area contributed by atoms with E-state index in [2.05, 4.69) is 4.98 Å². The van der Waals surface area contributed by atoms with E-state index in [-0.39, 0.29) is 23.7 Å². The Kier molecular flexibility index (Phi) is 5.65. The van der Waals surface area contributed by atoms with Crippen LogP contribution in [-0.4, -0.2) is 39.2 Å². The number of alkyl halides is 1. The molecule has 33 heavy (non-hydrogen) atoms. The van der Waals surface area contributed by atoms with E-state index in [0.717, 1.165) is 40.8 Å². The monoisotopic (exact) mass is 456 g/mol. The Morgan fingerprint density at radius 2 is 1.91 bits per heavy atom. The van der Waals surface area contributed by atoms with Gasteiger partial charge in [0.1, 0.15) is 17.3 Å². The van der Waals surface area contributed by atoms with Gasteiger partial charge in [0.25, 0.3) is 0 Å². The number of aromatic nitrogens is 1. The van der Waals surface area contributed by atoms with Crippen molar-refractivity contribution in [3.05, 3.63) is 76.5 Å². The molecule has 1 aromatic heterocycles. The summed E-state index contributed by atoms with van der Waals surface area (Å²) in [6, 6.07) is 9.72. The molecule has 0 saturated carbocycles. The van der Waals surface area contributed by atoms with Crippen molar-refractivity contribution < 1.29 is 23.1 Å². The third kappa shape index (κ3) is 4.06. The van der Waals surface area contributed by atoms with Crippen LogP contribution in [0.5, 0.6) is 0 Å². The predicted molar refractivity (Wildman–Crippen MR) is 123 cm³/mol. The van der Waals surface area contributed by atoms with Gasteiger partial charge in [-0.3, -0.25) is 4.90 Å². The maximum absolute atomic E-state index is 15.6. The van der Waals surface area contributed by atoms with Crippen molar-refractivity contribution in [3.63, 3.8) is 0 Å². The highest BCUT2D eigenvalue weighted by molar-refractivity contribution is 5.86. The van der Waals surface area contributed by atoms with Crippen LogP contribution in [0, 0.1) is 11.6 Å². The number of rotatable bonds is 5. The highest BCUT2D eigenvalue weighted by Gasteiger charge is 2.49. The molecule has 0 fully saturated rings. The molecular weight excluding hydrogens is 429 g/mol. The fourth-order valence-corrected chi connectivity index (χ4v) is 5.13. The zero-order valence-electron chi connectivity index (χ0n) is 19.0. The van der Waals surface area contributed by atoms with Crippen molar-refractivity contribution in [2.45, 2.75) is 51.4 Å². The van der Waals surface area contributed by atoms with Crippen molar-refractivity contribution in [1.82, 2.24) is 9.88 Å². The third-order valence-corrected chi connectivity index (χ3v) is 6.42. The van der Waals surface area contributed by atoms with Crippen LogP contribution < -0.4 is 0 Å². The van der Waals surface area contributed by atoms with Crippen LogP contribution in [0.3, 0.4) is 0 Å². The van der Waals surface area contributed by atoms with Crippen molar-refractivity contribution in [3.8, 4) is 0 Å². The zero-order valence-corrected chi connectivity index (χ0v) is 19.0. The number of nitrogens with one attached hydrogen (secondary N) is 1. The van der Waals surface area contributed by atoms with Crippen LogP contribution in [0.25, 0.3) is 17.0 Å². The molecule has 0 saturated heterocycles. The fraction of sp³-hybridized carbons (Fsp3) is 0.346. The molecule has 2 atom stereocenters. The topological polar surface area (TPSA) is 56.3 Å². The van der Waals surface area contributed by atoms with Crippen LogP contribution >= 0.6 is 0 Å². The van der Waals surface area contributed by atoms with Gasteiger partial charge in [-0.05, 0) is 69.5 Å². The van der Waals surface area contributed by atoms with Crippen LogP contribution in [-0.2, 0) is 16.8 Å². The van der Waals surface area contributed by atoms with Crippen molar-refractivity contribution in [2.75, 3.05) is 6.54 Å². The maximum atomic E-state index is 15.6. The van der Waals surface area contributed by atoms with E-state index >= 15 is 8.78 Å². The van der Waals surface area contributed by atoms with E-state index < -0.39 is 28.8 Å². The minimum Gasteiger partial charge on any atom is -0.478 e. The molecule has 0 unspecified atom stereocenters. The van der Waals surface area contributed by atoms with E-state index in [1.54, 1.807) is 6.92 Å². The summed E-state index contributed by atoms with van der Waals surface area (Å²) in [6.07, 6.45) is 2.57. The average Bonchev–Trinajstić information content (AvgIpc) is 3.08. The maximum Gasteiger partial charge on any atom is 0.328 e. The van der Waals surface area contributed by atoms with E-state index in [1.165, 1.54) is 13.8 Å². The van der Waals surface area contributed by atoms with Gasteiger partial charge in [0, 0.05) is 40.8 Å². The smallest absolute Gasteiger partial charge is 0.328 e. The molecule has 4 nitrogen and oxygen atoms in total. The summed E-state index contributed by atoms with van der Waals surface area (Å²) < 4.78 is 46.1. The number of carboxylic acid groups (broad SMARTS) is 1. The predicted octanol–water partition coefficient (Wildman–Crippen LogP) is 5.80. The van der Waals surface area contributed by atoms with Gasteiger partial charge in [-0.1, -0.05) is 18.2 Å². The Hall–Kier alpha value is -3.06. The number of fused-ring (bicyclic) bond motifs is 3. The molecule has 0 radical (unpaired) electrons. The summed E-state index contributed by atoms with van der Waals surface area (Å²) in [4.78, 5) is 16.0. The molecule has 174 valence electrons. The van der Waals surface area contributed by atoms with E-state index in [9.17, 15) is 9.18 Å². The first-order valence-electron chi connectivity index (χ1n) is 10.9. The lowest BCUT2D eigenvalue weighted by Crippen LogP contribution is -2.57. The number of carbonyl (C=O) groups is 1. The first kappa shape index (κ1) is 23.1. The number of benzene rings is 2. The number of aliphatic carboxylic acids is 1. The number of carboxylic acids is 1. The number of aromatic amines is 1. The molecule has 1 aliphatic rings. The number of hydrogen-bond acceptors (Lipinski definition) is 2. The Bertz CT molecular complexity index is 1240. The van der Waals surface area contributed by atoms with Crippen molar-refractivity contribution in [2.24, 2.45) is 0 Å². The standard InChI is InChI=1S/C26H27F3N2O2/c1-15-11-18-17-7-5-6-8-21(17)30-24(18)26(4,31(15)14-25(2,3)29)23-19(27)12-16(13-20(23)28)9-10-22(32)33/h5-10,12-13,15,30H,11,14H2,1-4H3,(H,32,33)/b10-9+/t15-,26-/m1/s1. The van der Waals surface area contributed by atoms with Gasteiger partial charge in [-0.15, -0.1) is 0 Å². The van der Waals surface area contributed by atoms with Crippen molar-refractivity contribution in [1.29, 1.82) is 0 Å². The first-order valence-corrected chi connectivity index (χ1v) is 10.9. The van der Waals surface area contributed by atoms with Gasteiger partial charge >= 0.3 is 5.97 Å². The molecule has 0 aliphatic carbocycles. The van der Waals surface area contributed by atoms with Gasteiger partial charge in [0.2, 0.25) is 0 Å². The van der Waals surface area contributed by atoms with E-state index in [0.29, 0.717) is 12.1 Å². The summed E-state index contributed by atoms with van der Waals surface area (Å²) >= 11 is 0. The SMILES string of the molecule is C[C@@H]1Cc2c([nH]c3ccccc23)[C@@](C)(c2c(F)cc(/C=C/C(=O)O)cc2F)N1CC(C)(C)F. The minimum absolute atomic E-state index is 0.0287. The minimum atomic E-state index is -1.60. The quantitative estimate of drug-likeness (QED) is 0.477. The molecule has 7 heteroatoms. The third-order valence-electron chi connectivity index (χ3n) is 6.42. The normalized spacial score (nSPS) is 21.6. The summed E-state index contributed by atoms with van der Waals surface area (Å²) in [5, 5.41) is 9.82. The Balaban J connectivity index is 1.99. The van der Waals surface area contributed by atoms with E-state index in [4.69, 9.17) is 5.11 Å². The Morgan fingerprint density at radius 1 is 1.27 bits per heavy atom. The summed E-state index contributed by atoms with van der Waals surface area (Å²) in [7, 11) is 0. The summed E-state index contributed by atoms with van der Waals surface area (Å²) in [5.74, 6) is -2.85. The summed E-state index contributed by atoms with van der Waals surface area (Å²) in [6.45, 7) is 6.53. The van der Waals surface area contributed by atoms with Crippen LogP contribution in [0.15, 0.2) is 42.5 Å². The first-order chi connectivity index (χ1) is 15.4. The molecule has 1 aliphatic heterocycles. The largest absolute Gasteiger partial charge is 0.478 e. The van der Waals surface area contributed by atoms with E-state index in [1.807, 2.05) is 36.1 Å². The fourth-order valence-electron chi connectivity index (χ4n) is 5.13. The number of halogens is 3. The number of nitrogens with zero attached hydrogens (tertiary/aromatic N) is 1. The number of para-hydroxylation sites is 1. The molecule has 3 aromatic rings. The highest BCUT2D eigenvalue weighted by atomic mass is 19.1. The molecular formula is C26H27F3N2O2. The molecule has 0 bridgehead atoms. The second-order valence-corrected chi connectivity index (χ2v) is 9.53. The van der Waals surface area contributed by atoms with Crippen LogP contribution in [0.4, 0.5) is 13.2 Å². The van der Waals surface area contributed by atoms with Gasteiger partial charge < -0.3 is 10.1 Å². The molecule has 4 rings (SSSR count). The van der Waals surface area contributed by atoms with Gasteiger partial charge in [0.05, 0.1) is 5.54 Å². The molecule has 0 spiro atoms. The zero-order chi connectivity index (χ0) is 24.1. The lowest BCUT2D eigenvalue weighted by Gasteiger charge is -2.50. The summed E-state index contributed by atoms with van der Waals surface area (Å²) in [5.41, 5.74) is -0.574. The number of hydrogen-bond donors (Lipinski definition) is 2. The molecule has 0 amide bonds. The highest BCUT2D eigenvalue weighted by Crippen LogP contribution is 2.47.